The number of nitrogens with zero attached hydrogens (tertiary/aromatic N) is 1. The number of rotatable bonds is 5. The average molecular weight is 309 g/mol. The highest BCUT2D eigenvalue weighted by Gasteiger charge is 2.18. The van der Waals surface area contributed by atoms with Gasteiger partial charge in [-0.15, -0.1) is 0 Å². The quantitative estimate of drug-likeness (QED) is 0.786. The molecule has 0 unspecified atom stereocenters. The second-order valence-corrected chi connectivity index (χ2v) is 5.28. The Morgan fingerprint density at radius 1 is 1.48 bits per heavy atom. The summed E-state index contributed by atoms with van der Waals surface area (Å²) >= 11 is 1.29. The number of carboxylic acid groups (broad SMARTS) is 1. The maximum absolute atomic E-state index is 11.7. The monoisotopic (exact) mass is 309 g/mol. The maximum atomic E-state index is 11.7. The van der Waals surface area contributed by atoms with Gasteiger partial charge in [-0.05, 0) is 24.6 Å². The molecule has 1 atom stereocenters. The Hall–Kier alpha value is -2.35. The number of carboxylic acids is 1. The van der Waals surface area contributed by atoms with Crippen molar-refractivity contribution >= 4 is 38.7 Å². The molecule has 2 aromatic rings. The summed E-state index contributed by atoms with van der Waals surface area (Å²) in [4.78, 5) is 26.9. The maximum Gasteiger partial charge on any atom is 0.326 e. The van der Waals surface area contributed by atoms with Crippen LogP contribution in [0.2, 0.25) is 0 Å². The highest BCUT2D eigenvalue weighted by atomic mass is 32.1. The number of aliphatic carboxylic acids is 1. The third kappa shape index (κ3) is 3.60. The molecule has 0 saturated carbocycles. The Labute approximate surface area is 124 Å². The number of ether oxygens (including phenoxy) is 1. The molecule has 1 aromatic carbocycles. The number of hydrogen-bond donors (Lipinski definition) is 3. The number of fused-ring (bicyclic) bond motifs is 1. The number of hydrogen-bond acceptors (Lipinski definition) is 5. The van der Waals surface area contributed by atoms with Gasteiger partial charge < -0.3 is 15.2 Å². The van der Waals surface area contributed by atoms with E-state index in [9.17, 15) is 9.59 Å². The number of methoxy groups -OCH3 is 1. The van der Waals surface area contributed by atoms with Gasteiger partial charge in [-0.25, -0.2) is 14.6 Å². The molecule has 0 aliphatic rings. The lowest BCUT2D eigenvalue weighted by Gasteiger charge is -2.11. The molecule has 1 aromatic heterocycles. The van der Waals surface area contributed by atoms with Crippen molar-refractivity contribution in [2.24, 2.45) is 0 Å². The van der Waals surface area contributed by atoms with E-state index in [-0.39, 0.29) is 0 Å². The summed E-state index contributed by atoms with van der Waals surface area (Å²) in [6.45, 7) is 1.68. The van der Waals surface area contributed by atoms with E-state index in [4.69, 9.17) is 9.84 Å². The highest BCUT2D eigenvalue weighted by Crippen LogP contribution is 2.28. The van der Waals surface area contributed by atoms with Crippen LogP contribution in [0.4, 0.5) is 9.93 Å². The zero-order chi connectivity index (χ0) is 15.4. The standard InChI is InChI=1S/C13H15N3O4S/c1-3-8(11(17)18)14-12(19)16-13-15-9-5-4-7(20-2)6-10(9)21-13/h4-6,8H,3H2,1-2H3,(H,17,18)(H2,14,15,16,19)/t8-/m0/s1. The van der Waals surface area contributed by atoms with Crippen molar-refractivity contribution in [3.05, 3.63) is 18.2 Å². The normalized spacial score (nSPS) is 11.9. The summed E-state index contributed by atoms with van der Waals surface area (Å²) in [5, 5.41) is 14.2. The first kappa shape index (κ1) is 15.0. The molecule has 21 heavy (non-hydrogen) atoms. The number of amides is 2. The van der Waals surface area contributed by atoms with Gasteiger partial charge in [0.2, 0.25) is 0 Å². The molecule has 7 nitrogen and oxygen atoms in total. The van der Waals surface area contributed by atoms with E-state index >= 15 is 0 Å². The number of carbonyl (C=O) groups excluding carboxylic acids is 1. The fraction of sp³-hybridized carbons (Fsp3) is 0.308. The number of thiazole rings is 1. The molecular formula is C13H15N3O4S. The van der Waals surface area contributed by atoms with E-state index in [1.54, 1.807) is 26.2 Å². The molecule has 0 bridgehead atoms. The van der Waals surface area contributed by atoms with Gasteiger partial charge in [0.25, 0.3) is 0 Å². The Balaban J connectivity index is 2.09. The van der Waals surface area contributed by atoms with Crippen molar-refractivity contribution in [1.82, 2.24) is 10.3 Å². The summed E-state index contributed by atoms with van der Waals surface area (Å²) in [6, 6.07) is 3.89. The summed E-state index contributed by atoms with van der Waals surface area (Å²) in [5.41, 5.74) is 0.737. The van der Waals surface area contributed by atoms with Crippen LogP contribution >= 0.6 is 11.3 Å². The van der Waals surface area contributed by atoms with E-state index in [0.29, 0.717) is 17.3 Å². The predicted molar refractivity (Wildman–Crippen MR) is 80.0 cm³/mol. The minimum absolute atomic E-state index is 0.305. The van der Waals surface area contributed by atoms with Crippen LogP contribution in [0.15, 0.2) is 18.2 Å². The minimum Gasteiger partial charge on any atom is -0.497 e. The average Bonchev–Trinajstić information content (AvgIpc) is 2.85. The van der Waals surface area contributed by atoms with E-state index in [1.807, 2.05) is 6.07 Å². The fourth-order valence-electron chi connectivity index (χ4n) is 1.72. The van der Waals surface area contributed by atoms with Gasteiger partial charge >= 0.3 is 12.0 Å². The van der Waals surface area contributed by atoms with Crippen molar-refractivity contribution in [3.63, 3.8) is 0 Å². The molecule has 8 heteroatoms. The summed E-state index contributed by atoms with van der Waals surface area (Å²) < 4.78 is 5.99. The van der Waals surface area contributed by atoms with Crippen LogP contribution in [0.3, 0.4) is 0 Å². The molecule has 2 amide bonds. The Kier molecular flexibility index (Phi) is 4.59. The Morgan fingerprint density at radius 2 is 2.24 bits per heavy atom. The van der Waals surface area contributed by atoms with Crippen LogP contribution in [-0.4, -0.2) is 35.2 Å². The summed E-state index contributed by atoms with van der Waals surface area (Å²) in [7, 11) is 1.57. The zero-order valence-electron chi connectivity index (χ0n) is 11.5. The summed E-state index contributed by atoms with van der Waals surface area (Å²) in [6.07, 6.45) is 0.305. The van der Waals surface area contributed by atoms with Gasteiger partial charge in [-0.2, -0.15) is 0 Å². The van der Waals surface area contributed by atoms with E-state index in [1.165, 1.54) is 11.3 Å². The van der Waals surface area contributed by atoms with Gasteiger partial charge in [0.1, 0.15) is 11.8 Å². The lowest BCUT2D eigenvalue weighted by molar-refractivity contribution is -0.139. The second-order valence-electron chi connectivity index (χ2n) is 4.25. The summed E-state index contributed by atoms with van der Waals surface area (Å²) in [5.74, 6) is -0.360. The second kappa shape index (κ2) is 6.40. The van der Waals surface area contributed by atoms with Crippen LogP contribution in [0.5, 0.6) is 5.75 Å². The number of nitrogens with one attached hydrogen (secondary N) is 2. The Bertz CT molecular complexity index is 670. The molecule has 0 saturated heterocycles. The largest absolute Gasteiger partial charge is 0.497 e. The van der Waals surface area contributed by atoms with E-state index < -0.39 is 18.0 Å². The molecule has 3 N–H and O–H groups in total. The predicted octanol–water partition coefficient (Wildman–Crippen LogP) is 2.29. The smallest absolute Gasteiger partial charge is 0.326 e. The van der Waals surface area contributed by atoms with Crippen molar-refractivity contribution in [3.8, 4) is 5.75 Å². The van der Waals surface area contributed by atoms with Crippen LogP contribution in [0.25, 0.3) is 10.2 Å². The van der Waals surface area contributed by atoms with Crippen LogP contribution < -0.4 is 15.4 Å². The van der Waals surface area contributed by atoms with Gasteiger partial charge in [0, 0.05) is 0 Å². The lowest BCUT2D eigenvalue weighted by Crippen LogP contribution is -2.42. The van der Waals surface area contributed by atoms with Crippen molar-refractivity contribution in [1.29, 1.82) is 0 Å². The molecule has 0 radical (unpaired) electrons. The van der Waals surface area contributed by atoms with Crippen LogP contribution in [-0.2, 0) is 4.79 Å². The molecular weight excluding hydrogens is 294 g/mol. The number of carbonyl (C=O) groups is 2. The molecule has 0 fully saturated rings. The SMILES string of the molecule is CC[C@H](NC(=O)Nc1nc2ccc(OC)cc2s1)C(=O)O. The zero-order valence-corrected chi connectivity index (χ0v) is 12.4. The molecule has 112 valence electrons. The van der Waals surface area contributed by atoms with Crippen LogP contribution in [0.1, 0.15) is 13.3 Å². The minimum atomic E-state index is -1.07. The number of aromatic nitrogens is 1. The van der Waals surface area contributed by atoms with E-state index in [2.05, 4.69) is 15.6 Å². The van der Waals surface area contributed by atoms with E-state index in [0.717, 1.165) is 10.2 Å². The first-order chi connectivity index (χ1) is 10.0. The molecule has 0 spiro atoms. The number of benzene rings is 1. The first-order valence-electron chi connectivity index (χ1n) is 6.28. The number of anilines is 1. The highest BCUT2D eigenvalue weighted by molar-refractivity contribution is 7.22. The fourth-order valence-corrected chi connectivity index (χ4v) is 2.60. The third-order valence-electron chi connectivity index (χ3n) is 2.83. The topological polar surface area (TPSA) is 101 Å². The molecule has 2 rings (SSSR count). The molecule has 0 aliphatic carbocycles. The Morgan fingerprint density at radius 3 is 2.86 bits per heavy atom. The van der Waals surface area contributed by atoms with Gasteiger partial charge in [0.05, 0.1) is 17.3 Å². The first-order valence-corrected chi connectivity index (χ1v) is 7.10. The van der Waals surface area contributed by atoms with Crippen molar-refractivity contribution in [2.45, 2.75) is 19.4 Å². The third-order valence-corrected chi connectivity index (χ3v) is 3.76. The molecule has 1 heterocycles. The molecule has 0 aliphatic heterocycles. The number of urea groups is 1. The van der Waals surface area contributed by atoms with Gasteiger partial charge in [-0.1, -0.05) is 18.3 Å². The lowest BCUT2D eigenvalue weighted by atomic mass is 10.2. The van der Waals surface area contributed by atoms with Gasteiger partial charge in [0.15, 0.2) is 5.13 Å². The van der Waals surface area contributed by atoms with Crippen molar-refractivity contribution < 1.29 is 19.4 Å². The van der Waals surface area contributed by atoms with Gasteiger partial charge in [-0.3, -0.25) is 5.32 Å². The van der Waals surface area contributed by atoms with Crippen molar-refractivity contribution in [2.75, 3.05) is 12.4 Å². The van der Waals surface area contributed by atoms with Crippen LogP contribution in [0, 0.1) is 0 Å².